The summed E-state index contributed by atoms with van der Waals surface area (Å²) in [6, 6.07) is 0.579. The smallest absolute Gasteiger partial charge is 0.0674 e. The molecule has 19 heavy (non-hydrogen) atoms. The van der Waals surface area contributed by atoms with Crippen molar-refractivity contribution in [2.75, 3.05) is 46.0 Å². The fourth-order valence-electron chi connectivity index (χ4n) is 3.27. The molecule has 0 radical (unpaired) electrons. The van der Waals surface area contributed by atoms with Crippen LogP contribution >= 0.6 is 0 Å². The summed E-state index contributed by atoms with van der Waals surface area (Å²) in [7, 11) is 0. The van der Waals surface area contributed by atoms with Gasteiger partial charge in [-0.25, -0.2) is 0 Å². The summed E-state index contributed by atoms with van der Waals surface area (Å²) in [5, 5.41) is 3.53. The van der Waals surface area contributed by atoms with Crippen LogP contribution in [0, 0.1) is 5.41 Å². The first-order valence-electron chi connectivity index (χ1n) is 7.83. The van der Waals surface area contributed by atoms with Gasteiger partial charge in [0.05, 0.1) is 19.3 Å². The minimum Gasteiger partial charge on any atom is -0.381 e. The second kappa shape index (κ2) is 7.02. The highest BCUT2D eigenvalue weighted by Crippen LogP contribution is 2.31. The van der Waals surface area contributed by atoms with Crippen LogP contribution in [0.5, 0.6) is 0 Å². The molecule has 0 saturated carbocycles. The van der Waals surface area contributed by atoms with Gasteiger partial charge < -0.3 is 14.8 Å². The van der Waals surface area contributed by atoms with Crippen LogP contribution in [-0.2, 0) is 9.47 Å². The lowest BCUT2D eigenvalue weighted by atomic mass is 9.85. The van der Waals surface area contributed by atoms with E-state index in [0.29, 0.717) is 17.6 Å². The predicted octanol–water partition coefficient (Wildman–Crippen LogP) is 1.50. The highest BCUT2D eigenvalue weighted by Gasteiger charge is 2.39. The molecule has 3 atom stereocenters. The van der Waals surface area contributed by atoms with Crippen LogP contribution < -0.4 is 5.32 Å². The van der Waals surface area contributed by atoms with Gasteiger partial charge in [0.2, 0.25) is 0 Å². The topological polar surface area (TPSA) is 33.7 Å². The van der Waals surface area contributed by atoms with Crippen LogP contribution in [-0.4, -0.2) is 63.0 Å². The van der Waals surface area contributed by atoms with Gasteiger partial charge in [-0.3, -0.25) is 4.90 Å². The van der Waals surface area contributed by atoms with Crippen LogP contribution in [0.1, 0.15) is 33.6 Å². The second-order valence-corrected chi connectivity index (χ2v) is 6.22. The molecule has 112 valence electrons. The lowest BCUT2D eigenvalue weighted by Crippen LogP contribution is -2.54. The Kier molecular flexibility index (Phi) is 5.63. The fourth-order valence-corrected chi connectivity index (χ4v) is 3.27. The Balaban J connectivity index is 1.98. The van der Waals surface area contributed by atoms with Gasteiger partial charge in [-0.2, -0.15) is 0 Å². The molecule has 4 nitrogen and oxygen atoms in total. The van der Waals surface area contributed by atoms with Crippen LogP contribution in [0.2, 0.25) is 0 Å². The normalized spacial score (nSPS) is 36.8. The molecule has 0 aromatic carbocycles. The molecule has 3 unspecified atom stereocenters. The number of hydrogen-bond acceptors (Lipinski definition) is 4. The number of ether oxygens (including phenoxy) is 2. The Bertz CT molecular complexity index is 267. The zero-order chi connectivity index (χ0) is 13.7. The van der Waals surface area contributed by atoms with Gasteiger partial charge in [0, 0.05) is 37.7 Å². The molecule has 2 aliphatic rings. The monoisotopic (exact) mass is 270 g/mol. The zero-order valence-electron chi connectivity index (χ0n) is 12.8. The van der Waals surface area contributed by atoms with E-state index in [1.165, 1.54) is 12.8 Å². The molecule has 0 amide bonds. The van der Waals surface area contributed by atoms with Crippen molar-refractivity contribution < 1.29 is 9.47 Å². The average molecular weight is 270 g/mol. The molecular formula is C15H30N2O2. The minimum atomic E-state index is 0.306. The molecule has 2 rings (SSSR count). The van der Waals surface area contributed by atoms with Gasteiger partial charge >= 0.3 is 0 Å². The number of hydrogen-bond donors (Lipinski definition) is 1. The molecule has 0 spiro atoms. The van der Waals surface area contributed by atoms with Crippen LogP contribution in [0.15, 0.2) is 0 Å². The van der Waals surface area contributed by atoms with Crippen molar-refractivity contribution in [1.29, 1.82) is 0 Å². The highest BCUT2D eigenvalue weighted by molar-refractivity contribution is 4.91. The van der Waals surface area contributed by atoms with Crippen molar-refractivity contribution in [2.45, 2.75) is 45.8 Å². The average Bonchev–Trinajstić information content (AvgIpc) is 2.86. The van der Waals surface area contributed by atoms with Crippen molar-refractivity contribution in [2.24, 2.45) is 5.41 Å². The summed E-state index contributed by atoms with van der Waals surface area (Å²) in [4.78, 5) is 2.64. The molecule has 0 aromatic rings. The third kappa shape index (κ3) is 3.91. The summed E-state index contributed by atoms with van der Waals surface area (Å²) >= 11 is 0. The van der Waals surface area contributed by atoms with E-state index in [9.17, 15) is 0 Å². The van der Waals surface area contributed by atoms with Crippen molar-refractivity contribution in [3.05, 3.63) is 0 Å². The SMILES string of the molecule is CCNCC1(CN2CC(C)OCC2CC)CCOC1. The molecule has 2 aliphatic heterocycles. The van der Waals surface area contributed by atoms with E-state index in [2.05, 4.69) is 31.0 Å². The molecule has 2 fully saturated rings. The van der Waals surface area contributed by atoms with E-state index in [1.54, 1.807) is 0 Å². The van der Waals surface area contributed by atoms with E-state index >= 15 is 0 Å². The van der Waals surface area contributed by atoms with Crippen molar-refractivity contribution >= 4 is 0 Å². The number of nitrogens with one attached hydrogen (secondary N) is 1. The maximum atomic E-state index is 5.80. The maximum Gasteiger partial charge on any atom is 0.0674 e. The number of nitrogens with zero attached hydrogens (tertiary/aromatic N) is 1. The minimum absolute atomic E-state index is 0.306. The Hall–Kier alpha value is -0.160. The Morgan fingerprint density at radius 2 is 2.21 bits per heavy atom. The molecule has 1 N–H and O–H groups in total. The Labute approximate surface area is 117 Å². The van der Waals surface area contributed by atoms with E-state index in [0.717, 1.165) is 46.0 Å². The molecule has 2 saturated heterocycles. The summed E-state index contributed by atoms with van der Waals surface area (Å²) in [5.41, 5.74) is 0.306. The first-order chi connectivity index (χ1) is 9.19. The van der Waals surface area contributed by atoms with Gasteiger partial charge in [-0.15, -0.1) is 0 Å². The standard InChI is InChI=1S/C15H30N2O2/c1-4-14-9-19-13(3)8-17(14)11-15(10-16-5-2)6-7-18-12-15/h13-14,16H,4-12H2,1-3H3. The lowest BCUT2D eigenvalue weighted by Gasteiger charge is -2.43. The Morgan fingerprint density at radius 3 is 2.84 bits per heavy atom. The quantitative estimate of drug-likeness (QED) is 0.793. The predicted molar refractivity (Wildman–Crippen MR) is 77.5 cm³/mol. The lowest BCUT2D eigenvalue weighted by molar-refractivity contribution is -0.0698. The highest BCUT2D eigenvalue weighted by atomic mass is 16.5. The summed E-state index contributed by atoms with van der Waals surface area (Å²) in [5.74, 6) is 0. The molecule has 0 aliphatic carbocycles. The number of rotatable bonds is 6. The van der Waals surface area contributed by atoms with Crippen LogP contribution in [0.4, 0.5) is 0 Å². The second-order valence-electron chi connectivity index (χ2n) is 6.22. The van der Waals surface area contributed by atoms with E-state index in [-0.39, 0.29) is 0 Å². The first kappa shape index (κ1) is 15.2. The molecular weight excluding hydrogens is 240 g/mol. The van der Waals surface area contributed by atoms with E-state index in [4.69, 9.17) is 9.47 Å². The van der Waals surface area contributed by atoms with Gasteiger partial charge in [-0.1, -0.05) is 13.8 Å². The van der Waals surface area contributed by atoms with Crippen molar-refractivity contribution in [1.82, 2.24) is 10.2 Å². The first-order valence-corrected chi connectivity index (χ1v) is 7.83. The fraction of sp³-hybridized carbons (Fsp3) is 1.00. The maximum absolute atomic E-state index is 5.80. The third-order valence-corrected chi connectivity index (χ3v) is 4.53. The largest absolute Gasteiger partial charge is 0.381 e. The summed E-state index contributed by atoms with van der Waals surface area (Å²) in [6.45, 7) is 13.7. The summed E-state index contributed by atoms with van der Waals surface area (Å²) < 4.78 is 11.5. The van der Waals surface area contributed by atoms with E-state index in [1.807, 2.05) is 0 Å². The molecule has 0 bridgehead atoms. The molecule has 2 heterocycles. The van der Waals surface area contributed by atoms with Crippen molar-refractivity contribution in [3.8, 4) is 0 Å². The van der Waals surface area contributed by atoms with Gasteiger partial charge in [0.1, 0.15) is 0 Å². The molecule has 0 aromatic heterocycles. The third-order valence-electron chi connectivity index (χ3n) is 4.53. The van der Waals surface area contributed by atoms with Crippen molar-refractivity contribution in [3.63, 3.8) is 0 Å². The van der Waals surface area contributed by atoms with E-state index < -0.39 is 0 Å². The van der Waals surface area contributed by atoms with Gasteiger partial charge in [0.25, 0.3) is 0 Å². The zero-order valence-corrected chi connectivity index (χ0v) is 12.8. The number of morpholine rings is 1. The van der Waals surface area contributed by atoms with Crippen LogP contribution in [0.3, 0.4) is 0 Å². The Morgan fingerprint density at radius 1 is 1.37 bits per heavy atom. The van der Waals surface area contributed by atoms with Gasteiger partial charge in [-0.05, 0) is 26.3 Å². The molecule has 4 heteroatoms. The van der Waals surface area contributed by atoms with Crippen LogP contribution in [0.25, 0.3) is 0 Å². The van der Waals surface area contributed by atoms with Gasteiger partial charge in [0.15, 0.2) is 0 Å². The summed E-state index contributed by atoms with van der Waals surface area (Å²) in [6.07, 6.45) is 2.72.